The van der Waals surface area contributed by atoms with Crippen molar-refractivity contribution in [2.45, 2.75) is 70.4 Å². The predicted molar refractivity (Wildman–Crippen MR) is 83.0 cm³/mol. The summed E-state index contributed by atoms with van der Waals surface area (Å²) in [4.78, 5) is 2.72. The van der Waals surface area contributed by atoms with Crippen LogP contribution in [0.1, 0.15) is 58.3 Å². The molecule has 3 nitrogen and oxygen atoms in total. The molecular formula is C17H32N2O. The topological polar surface area (TPSA) is 24.5 Å². The Labute approximate surface area is 124 Å². The Hall–Kier alpha value is -0.120. The minimum atomic E-state index is 0.528. The monoisotopic (exact) mass is 280 g/mol. The summed E-state index contributed by atoms with van der Waals surface area (Å²) in [5, 5.41) is 3.81. The molecule has 1 N–H and O–H groups in total. The van der Waals surface area contributed by atoms with Crippen molar-refractivity contribution in [3.63, 3.8) is 0 Å². The van der Waals surface area contributed by atoms with Gasteiger partial charge >= 0.3 is 0 Å². The molecule has 20 heavy (non-hydrogen) atoms. The van der Waals surface area contributed by atoms with E-state index >= 15 is 0 Å². The van der Waals surface area contributed by atoms with Crippen LogP contribution >= 0.6 is 0 Å². The zero-order chi connectivity index (χ0) is 13.8. The van der Waals surface area contributed by atoms with Crippen LogP contribution in [0.4, 0.5) is 0 Å². The Morgan fingerprint density at radius 2 is 1.80 bits per heavy atom. The number of nitrogens with zero attached hydrogens (tertiary/aromatic N) is 1. The Morgan fingerprint density at radius 1 is 1.10 bits per heavy atom. The average Bonchev–Trinajstić information content (AvgIpc) is 3.19. The van der Waals surface area contributed by atoms with Gasteiger partial charge in [-0.2, -0.15) is 0 Å². The third kappa shape index (κ3) is 3.96. The molecule has 2 aliphatic carbocycles. The maximum absolute atomic E-state index is 5.77. The molecule has 0 aromatic carbocycles. The minimum absolute atomic E-state index is 0.528. The lowest BCUT2D eigenvalue weighted by Gasteiger charge is -2.39. The second-order valence-electron chi connectivity index (χ2n) is 7.29. The van der Waals surface area contributed by atoms with Crippen LogP contribution < -0.4 is 5.32 Å². The first-order chi connectivity index (χ1) is 9.80. The Balaban J connectivity index is 1.46. The summed E-state index contributed by atoms with van der Waals surface area (Å²) < 4.78 is 5.77. The Kier molecular flexibility index (Phi) is 5.00. The number of ether oxygens (including phenoxy) is 1. The first kappa shape index (κ1) is 14.8. The van der Waals surface area contributed by atoms with Gasteiger partial charge in [-0.25, -0.2) is 0 Å². The van der Waals surface area contributed by atoms with Crippen molar-refractivity contribution >= 4 is 0 Å². The highest BCUT2D eigenvalue weighted by atomic mass is 16.5. The SMILES string of the molecule is CCOC1CCN(CC2(CNC3CC3)CCCC2)CC1. The molecular weight excluding hydrogens is 248 g/mol. The molecule has 3 fully saturated rings. The first-order valence-corrected chi connectivity index (χ1v) is 8.87. The Bertz CT molecular complexity index is 289. The number of piperidine rings is 1. The summed E-state index contributed by atoms with van der Waals surface area (Å²) in [6.07, 6.45) is 11.6. The van der Waals surface area contributed by atoms with Gasteiger partial charge in [0.15, 0.2) is 0 Å². The van der Waals surface area contributed by atoms with Gasteiger partial charge in [0.1, 0.15) is 0 Å². The summed E-state index contributed by atoms with van der Waals surface area (Å²) >= 11 is 0. The van der Waals surface area contributed by atoms with Gasteiger partial charge in [0.05, 0.1) is 6.10 Å². The quantitative estimate of drug-likeness (QED) is 0.776. The van der Waals surface area contributed by atoms with E-state index in [1.54, 1.807) is 0 Å². The Morgan fingerprint density at radius 3 is 2.40 bits per heavy atom. The van der Waals surface area contributed by atoms with Crippen LogP contribution in [-0.2, 0) is 4.74 Å². The average molecular weight is 280 g/mol. The number of hydrogen-bond acceptors (Lipinski definition) is 3. The van der Waals surface area contributed by atoms with Gasteiger partial charge in [0.25, 0.3) is 0 Å². The number of nitrogens with one attached hydrogen (secondary N) is 1. The molecule has 0 atom stereocenters. The zero-order valence-electron chi connectivity index (χ0n) is 13.2. The summed E-state index contributed by atoms with van der Waals surface area (Å²) in [5.41, 5.74) is 0.584. The van der Waals surface area contributed by atoms with E-state index in [0.29, 0.717) is 11.5 Å². The molecule has 0 radical (unpaired) electrons. The smallest absolute Gasteiger partial charge is 0.0599 e. The molecule has 3 heteroatoms. The third-order valence-corrected chi connectivity index (χ3v) is 5.50. The van der Waals surface area contributed by atoms with Crippen molar-refractivity contribution in [1.82, 2.24) is 10.2 Å². The normalized spacial score (nSPS) is 28.1. The minimum Gasteiger partial charge on any atom is -0.378 e. The number of likely N-dealkylation sites (tertiary alicyclic amines) is 1. The van der Waals surface area contributed by atoms with Crippen LogP contribution in [0.2, 0.25) is 0 Å². The van der Waals surface area contributed by atoms with E-state index in [4.69, 9.17) is 4.74 Å². The largest absolute Gasteiger partial charge is 0.378 e. The van der Waals surface area contributed by atoms with Gasteiger partial charge < -0.3 is 15.0 Å². The van der Waals surface area contributed by atoms with Crippen molar-refractivity contribution in [3.05, 3.63) is 0 Å². The molecule has 0 unspecified atom stereocenters. The third-order valence-electron chi connectivity index (χ3n) is 5.50. The standard InChI is InChI=1S/C17H32N2O/c1-2-20-16-7-11-19(12-8-16)14-17(9-3-4-10-17)13-18-15-5-6-15/h15-16,18H,2-14H2,1H3. The van der Waals surface area contributed by atoms with Crippen molar-refractivity contribution in [2.24, 2.45) is 5.41 Å². The van der Waals surface area contributed by atoms with Gasteiger partial charge in [-0.1, -0.05) is 12.8 Å². The molecule has 0 aromatic heterocycles. The summed E-state index contributed by atoms with van der Waals surface area (Å²) in [6, 6.07) is 0.858. The molecule has 1 aliphatic heterocycles. The number of rotatable bonds is 7. The first-order valence-electron chi connectivity index (χ1n) is 8.87. The second kappa shape index (κ2) is 6.76. The maximum atomic E-state index is 5.77. The van der Waals surface area contributed by atoms with Crippen LogP contribution in [0.15, 0.2) is 0 Å². The fourth-order valence-corrected chi connectivity index (χ4v) is 4.11. The van der Waals surface area contributed by atoms with Crippen LogP contribution in [-0.4, -0.2) is 49.8 Å². The lowest BCUT2D eigenvalue weighted by Crippen LogP contribution is -2.46. The van der Waals surface area contributed by atoms with Gasteiger partial charge in [-0.3, -0.25) is 0 Å². The molecule has 2 saturated carbocycles. The van der Waals surface area contributed by atoms with Crippen molar-refractivity contribution in [3.8, 4) is 0 Å². The van der Waals surface area contributed by atoms with Gasteiger partial charge in [0.2, 0.25) is 0 Å². The fraction of sp³-hybridized carbons (Fsp3) is 1.00. The molecule has 0 amide bonds. The molecule has 3 rings (SSSR count). The highest BCUT2D eigenvalue weighted by molar-refractivity contribution is 4.93. The van der Waals surface area contributed by atoms with E-state index in [1.807, 2.05) is 0 Å². The molecule has 3 aliphatic rings. The fourth-order valence-electron chi connectivity index (χ4n) is 4.11. The van der Waals surface area contributed by atoms with Crippen molar-refractivity contribution in [2.75, 3.05) is 32.8 Å². The van der Waals surface area contributed by atoms with Crippen LogP contribution in [0, 0.1) is 5.41 Å². The van der Waals surface area contributed by atoms with Gasteiger partial charge in [-0.05, 0) is 50.9 Å². The maximum Gasteiger partial charge on any atom is 0.0599 e. The van der Waals surface area contributed by atoms with E-state index in [2.05, 4.69) is 17.1 Å². The van der Waals surface area contributed by atoms with Crippen molar-refractivity contribution in [1.29, 1.82) is 0 Å². The molecule has 1 saturated heterocycles. The zero-order valence-corrected chi connectivity index (χ0v) is 13.2. The summed E-state index contributed by atoms with van der Waals surface area (Å²) in [6.45, 7) is 8.07. The molecule has 0 bridgehead atoms. The van der Waals surface area contributed by atoms with Crippen LogP contribution in [0.5, 0.6) is 0 Å². The van der Waals surface area contributed by atoms with Crippen LogP contribution in [0.25, 0.3) is 0 Å². The van der Waals surface area contributed by atoms with E-state index in [-0.39, 0.29) is 0 Å². The van der Waals surface area contributed by atoms with Gasteiger partial charge in [-0.15, -0.1) is 0 Å². The molecule has 0 spiro atoms. The molecule has 116 valence electrons. The van der Waals surface area contributed by atoms with Crippen molar-refractivity contribution < 1.29 is 4.74 Å². The van der Waals surface area contributed by atoms with E-state index in [9.17, 15) is 0 Å². The highest BCUT2D eigenvalue weighted by Crippen LogP contribution is 2.39. The summed E-state index contributed by atoms with van der Waals surface area (Å²) in [5.74, 6) is 0. The lowest BCUT2D eigenvalue weighted by molar-refractivity contribution is 0.00417. The number of hydrogen-bond donors (Lipinski definition) is 1. The van der Waals surface area contributed by atoms with Gasteiger partial charge in [0, 0.05) is 38.8 Å². The second-order valence-corrected chi connectivity index (χ2v) is 7.29. The predicted octanol–water partition coefficient (Wildman–Crippen LogP) is 2.80. The lowest BCUT2D eigenvalue weighted by atomic mass is 9.84. The van der Waals surface area contributed by atoms with Crippen LogP contribution in [0.3, 0.4) is 0 Å². The highest BCUT2D eigenvalue weighted by Gasteiger charge is 2.37. The van der Waals surface area contributed by atoms with E-state index in [0.717, 1.165) is 12.6 Å². The molecule has 1 heterocycles. The molecule has 0 aromatic rings. The summed E-state index contributed by atoms with van der Waals surface area (Å²) in [7, 11) is 0. The van der Waals surface area contributed by atoms with E-state index < -0.39 is 0 Å². The van der Waals surface area contributed by atoms with E-state index in [1.165, 1.54) is 77.5 Å².